The van der Waals surface area contributed by atoms with Crippen molar-refractivity contribution in [1.29, 1.82) is 0 Å². The van der Waals surface area contributed by atoms with Gasteiger partial charge in [-0.25, -0.2) is 0 Å². The molecule has 6 rings (SSSR count). The molecule has 2 atom stereocenters. The van der Waals surface area contributed by atoms with Gasteiger partial charge in [0.1, 0.15) is 0 Å². The zero-order valence-electron chi connectivity index (χ0n) is 25.9. The summed E-state index contributed by atoms with van der Waals surface area (Å²) in [5.74, 6) is 0.426. The smallest absolute Gasteiger partial charge is 0.0482 e. The lowest BCUT2D eigenvalue weighted by Crippen LogP contribution is -2.49. The normalized spacial score (nSPS) is 13.2. The van der Waals surface area contributed by atoms with Gasteiger partial charge in [0.25, 0.3) is 0 Å². The zero-order chi connectivity index (χ0) is 30.2. The molecule has 6 aromatic carbocycles. The molecule has 0 radical (unpaired) electrons. The van der Waals surface area contributed by atoms with E-state index in [1.54, 1.807) is 0 Å². The molecule has 0 saturated heterocycles. The summed E-state index contributed by atoms with van der Waals surface area (Å²) in [5.41, 5.74) is 7.22. The van der Waals surface area contributed by atoms with Crippen LogP contribution in [0.2, 0.25) is 0 Å². The van der Waals surface area contributed by atoms with E-state index in [2.05, 4.69) is 196 Å². The average Bonchev–Trinajstić information content (AvgIpc) is 3.11. The van der Waals surface area contributed by atoms with Crippen LogP contribution in [0.15, 0.2) is 182 Å². The summed E-state index contributed by atoms with van der Waals surface area (Å²) in [6.45, 7) is 4.87. The standard InChI is InChI=1S/C44H42/c1-3-22-42(44(39-29-16-7-17-30-39,40-31-18-8-19-32-40)41-33-20-9-21-34-41)35(2)43(36-23-10-4-11-24-36,37-25-12-5-13-26-37)38-27-14-6-15-28-38/h4-21,23-35,42H,3,22H2,1-2H3/t35-,42?/m0/s1. The van der Waals surface area contributed by atoms with Gasteiger partial charge in [0.2, 0.25) is 0 Å². The molecule has 0 heterocycles. The van der Waals surface area contributed by atoms with Crippen molar-refractivity contribution in [3.05, 3.63) is 215 Å². The second-order valence-corrected chi connectivity index (χ2v) is 12.0. The zero-order valence-corrected chi connectivity index (χ0v) is 25.9. The Labute approximate surface area is 264 Å². The molecule has 0 fully saturated rings. The van der Waals surface area contributed by atoms with E-state index in [1.165, 1.54) is 33.4 Å². The van der Waals surface area contributed by atoms with Gasteiger partial charge in [-0.3, -0.25) is 0 Å². The molecule has 0 aliphatic rings. The lowest BCUT2D eigenvalue weighted by molar-refractivity contribution is 0.190. The predicted molar refractivity (Wildman–Crippen MR) is 186 cm³/mol. The summed E-state index contributed by atoms with van der Waals surface area (Å²) >= 11 is 0. The Bertz CT molecular complexity index is 1500. The van der Waals surface area contributed by atoms with Crippen molar-refractivity contribution in [3.8, 4) is 0 Å². The molecule has 218 valence electrons. The maximum Gasteiger partial charge on any atom is 0.0482 e. The lowest BCUT2D eigenvalue weighted by atomic mass is 9.50. The summed E-state index contributed by atoms with van der Waals surface area (Å²) in [5, 5.41) is 0. The highest BCUT2D eigenvalue weighted by Gasteiger charge is 2.52. The van der Waals surface area contributed by atoms with Crippen molar-refractivity contribution < 1.29 is 0 Å². The molecule has 0 aliphatic heterocycles. The van der Waals surface area contributed by atoms with Crippen LogP contribution >= 0.6 is 0 Å². The fourth-order valence-corrected chi connectivity index (χ4v) is 8.09. The van der Waals surface area contributed by atoms with E-state index < -0.39 is 5.41 Å². The Balaban J connectivity index is 1.75. The number of benzene rings is 6. The molecule has 6 aromatic rings. The van der Waals surface area contributed by atoms with Gasteiger partial charge in [0, 0.05) is 10.8 Å². The van der Waals surface area contributed by atoms with Crippen molar-refractivity contribution in [2.45, 2.75) is 37.5 Å². The van der Waals surface area contributed by atoms with Gasteiger partial charge in [-0.15, -0.1) is 0 Å². The molecule has 0 saturated carbocycles. The molecule has 0 spiro atoms. The molecule has 0 heteroatoms. The van der Waals surface area contributed by atoms with Crippen molar-refractivity contribution >= 4 is 0 Å². The first-order chi connectivity index (χ1) is 21.7. The molecule has 0 amide bonds. The largest absolute Gasteiger partial charge is 0.0654 e. The fourth-order valence-electron chi connectivity index (χ4n) is 8.09. The first-order valence-corrected chi connectivity index (χ1v) is 16.1. The van der Waals surface area contributed by atoms with Crippen molar-refractivity contribution in [3.63, 3.8) is 0 Å². The highest BCUT2D eigenvalue weighted by Crippen LogP contribution is 2.57. The molecule has 0 N–H and O–H groups in total. The van der Waals surface area contributed by atoms with Gasteiger partial charge in [-0.05, 0) is 51.6 Å². The summed E-state index contributed by atoms with van der Waals surface area (Å²) in [6.07, 6.45) is 2.14. The van der Waals surface area contributed by atoms with Crippen LogP contribution in [-0.2, 0) is 10.8 Å². The van der Waals surface area contributed by atoms with Gasteiger partial charge in [0.15, 0.2) is 0 Å². The number of hydrogen-bond acceptors (Lipinski definition) is 0. The first kappa shape index (κ1) is 29.4. The molecule has 0 aromatic heterocycles. The van der Waals surface area contributed by atoms with Gasteiger partial charge >= 0.3 is 0 Å². The second kappa shape index (κ2) is 13.3. The van der Waals surface area contributed by atoms with Crippen LogP contribution < -0.4 is 0 Å². The molecular weight excluding hydrogens is 528 g/mol. The van der Waals surface area contributed by atoms with Crippen LogP contribution in [0.25, 0.3) is 0 Å². The van der Waals surface area contributed by atoms with E-state index in [0.29, 0.717) is 0 Å². The Morgan fingerprint density at radius 2 is 0.591 bits per heavy atom. The fraction of sp³-hybridized carbons (Fsp3) is 0.182. The molecule has 0 aliphatic carbocycles. The van der Waals surface area contributed by atoms with Gasteiger partial charge < -0.3 is 0 Å². The Kier molecular flexibility index (Phi) is 8.89. The monoisotopic (exact) mass is 570 g/mol. The van der Waals surface area contributed by atoms with E-state index in [1.807, 2.05) is 0 Å². The summed E-state index contributed by atoms with van der Waals surface area (Å²) in [4.78, 5) is 0. The summed E-state index contributed by atoms with van der Waals surface area (Å²) < 4.78 is 0. The van der Waals surface area contributed by atoms with Gasteiger partial charge in [0.05, 0.1) is 0 Å². The van der Waals surface area contributed by atoms with Crippen molar-refractivity contribution in [2.75, 3.05) is 0 Å². The van der Waals surface area contributed by atoms with Gasteiger partial charge in [-0.1, -0.05) is 202 Å². The van der Waals surface area contributed by atoms with E-state index in [4.69, 9.17) is 0 Å². The van der Waals surface area contributed by atoms with Crippen molar-refractivity contribution in [2.24, 2.45) is 11.8 Å². The predicted octanol–water partition coefficient (Wildman–Crippen LogP) is 11.1. The quantitative estimate of drug-likeness (QED) is 0.136. The average molecular weight is 571 g/mol. The Hall–Kier alpha value is -4.68. The first-order valence-electron chi connectivity index (χ1n) is 16.1. The van der Waals surface area contributed by atoms with Crippen LogP contribution in [0, 0.1) is 11.8 Å². The van der Waals surface area contributed by atoms with Crippen LogP contribution in [0.3, 0.4) is 0 Å². The van der Waals surface area contributed by atoms with Gasteiger partial charge in [-0.2, -0.15) is 0 Å². The SMILES string of the molecule is CCCC([C@H](C)C(c1ccccc1)(c1ccccc1)c1ccccc1)C(c1ccccc1)(c1ccccc1)c1ccccc1. The van der Waals surface area contributed by atoms with Crippen LogP contribution in [0.1, 0.15) is 60.1 Å². The molecule has 0 nitrogen and oxygen atoms in total. The van der Waals surface area contributed by atoms with Crippen LogP contribution in [0.4, 0.5) is 0 Å². The lowest BCUT2D eigenvalue weighted by Gasteiger charge is -2.52. The number of rotatable bonds is 11. The van der Waals surface area contributed by atoms with E-state index >= 15 is 0 Å². The highest BCUT2D eigenvalue weighted by molar-refractivity contribution is 5.56. The third-order valence-electron chi connectivity index (χ3n) is 9.82. The van der Waals surface area contributed by atoms with E-state index in [0.717, 1.165) is 12.8 Å². The summed E-state index contributed by atoms with van der Waals surface area (Å²) in [6, 6.07) is 67.5. The minimum atomic E-state index is -0.396. The Morgan fingerprint density at radius 3 is 0.818 bits per heavy atom. The number of hydrogen-bond donors (Lipinski definition) is 0. The van der Waals surface area contributed by atoms with E-state index in [9.17, 15) is 0 Å². The Morgan fingerprint density at radius 1 is 0.364 bits per heavy atom. The molecule has 44 heavy (non-hydrogen) atoms. The van der Waals surface area contributed by atoms with Crippen LogP contribution in [0.5, 0.6) is 0 Å². The third kappa shape index (κ3) is 5.09. The highest BCUT2D eigenvalue weighted by atomic mass is 14.5. The minimum Gasteiger partial charge on any atom is -0.0654 e. The molecule has 1 unspecified atom stereocenters. The molecular formula is C44H42. The third-order valence-corrected chi connectivity index (χ3v) is 9.82. The van der Waals surface area contributed by atoms with E-state index in [-0.39, 0.29) is 17.3 Å². The second-order valence-electron chi connectivity index (χ2n) is 12.0. The maximum atomic E-state index is 2.52. The van der Waals surface area contributed by atoms with Crippen molar-refractivity contribution in [1.82, 2.24) is 0 Å². The molecule has 0 bridgehead atoms. The van der Waals surface area contributed by atoms with Crippen LogP contribution in [-0.4, -0.2) is 0 Å². The maximum absolute atomic E-state index is 2.52. The summed E-state index contributed by atoms with van der Waals surface area (Å²) in [7, 11) is 0. The topological polar surface area (TPSA) is 0 Å². The minimum absolute atomic E-state index is 0.190.